The van der Waals surface area contributed by atoms with Gasteiger partial charge in [-0.1, -0.05) is 6.92 Å². The van der Waals surface area contributed by atoms with Crippen molar-refractivity contribution in [2.45, 2.75) is 19.5 Å². The Hall–Kier alpha value is -2.58. The standard InChI is InChI=1S/C12H11F3N2O4/c1-2-9(18)11(20)21-17-8-4-3-6(12(13,14)15)5-7(8)10(16)19/h3-5,17H,2H2,1H3,(H2,16,19). The van der Waals surface area contributed by atoms with Crippen molar-refractivity contribution in [1.82, 2.24) is 0 Å². The van der Waals surface area contributed by atoms with E-state index in [4.69, 9.17) is 5.73 Å². The summed E-state index contributed by atoms with van der Waals surface area (Å²) in [7, 11) is 0. The van der Waals surface area contributed by atoms with E-state index in [1.165, 1.54) is 6.92 Å². The summed E-state index contributed by atoms with van der Waals surface area (Å²) in [6, 6.07) is 2.05. The second-order valence-electron chi connectivity index (χ2n) is 3.89. The van der Waals surface area contributed by atoms with Crippen LogP contribution in [0.25, 0.3) is 0 Å². The molecule has 0 heterocycles. The van der Waals surface area contributed by atoms with Crippen molar-refractivity contribution in [2.24, 2.45) is 5.73 Å². The van der Waals surface area contributed by atoms with Gasteiger partial charge >= 0.3 is 12.1 Å². The van der Waals surface area contributed by atoms with Crippen molar-refractivity contribution in [3.8, 4) is 0 Å². The van der Waals surface area contributed by atoms with E-state index in [1.54, 1.807) is 0 Å². The highest BCUT2D eigenvalue weighted by Gasteiger charge is 2.31. The molecule has 1 aromatic carbocycles. The molecule has 21 heavy (non-hydrogen) atoms. The molecule has 0 aliphatic heterocycles. The fourth-order valence-corrected chi connectivity index (χ4v) is 1.32. The van der Waals surface area contributed by atoms with Crippen LogP contribution >= 0.6 is 0 Å². The highest BCUT2D eigenvalue weighted by atomic mass is 19.4. The lowest BCUT2D eigenvalue weighted by molar-refractivity contribution is -0.151. The molecular weight excluding hydrogens is 293 g/mol. The average molecular weight is 304 g/mol. The van der Waals surface area contributed by atoms with Gasteiger partial charge in [-0.3, -0.25) is 9.59 Å². The summed E-state index contributed by atoms with van der Waals surface area (Å²) in [6.07, 6.45) is -4.76. The van der Waals surface area contributed by atoms with Gasteiger partial charge in [0.15, 0.2) is 0 Å². The number of hydrogen-bond acceptors (Lipinski definition) is 5. The normalized spacial score (nSPS) is 10.9. The van der Waals surface area contributed by atoms with Gasteiger partial charge in [-0.2, -0.15) is 13.2 Å². The number of hydrogen-bond donors (Lipinski definition) is 2. The van der Waals surface area contributed by atoms with E-state index in [0.717, 1.165) is 6.07 Å². The molecule has 0 atom stereocenters. The Bertz CT molecular complexity index is 584. The van der Waals surface area contributed by atoms with Gasteiger partial charge in [-0.25, -0.2) is 10.3 Å². The number of halogens is 3. The lowest BCUT2D eigenvalue weighted by Crippen LogP contribution is -2.22. The molecule has 0 bridgehead atoms. The van der Waals surface area contributed by atoms with Crippen LogP contribution < -0.4 is 11.2 Å². The molecule has 114 valence electrons. The van der Waals surface area contributed by atoms with E-state index in [2.05, 4.69) is 4.84 Å². The number of Topliss-reactive ketones (excluding diaryl/α,β-unsaturated/α-hetero) is 1. The van der Waals surface area contributed by atoms with E-state index in [-0.39, 0.29) is 12.1 Å². The molecule has 1 aromatic rings. The highest BCUT2D eigenvalue weighted by Crippen LogP contribution is 2.31. The number of rotatable bonds is 5. The first-order valence-electron chi connectivity index (χ1n) is 5.67. The smallest absolute Gasteiger partial charge is 0.366 e. The second-order valence-corrected chi connectivity index (χ2v) is 3.89. The first-order valence-corrected chi connectivity index (χ1v) is 5.67. The van der Waals surface area contributed by atoms with Crippen molar-refractivity contribution in [3.63, 3.8) is 0 Å². The number of primary amides is 1. The van der Waals surface area contributed by atoms with Crippen LogP contribution in [0, 0.1) is 0 Å². The zero-order valence-electron chi connectivity index (χ0n) is 10.8. The zero-order chi connectivity index (χ0) is 16.2. The predicted octanol–water partition coefficient (Wildman–Crippen LogP) is 1.65. The lowest BCUT2D eigenvalue weighted by atomic mass is 10.1. The minimum absolute atomic E-state index is 0.101. The van der Waals surface area contributed by atoms with E-state index >= 15 is 0 Å². The number of anilines is 1. The molecule has 0 aliphatic carbocycles. The number of nitrogens with two attached hydrogens (primary N) is 1. The first-order chi connectivity index (χ1) is 9.66. The maximum absolute atomic E-state index is 12.5. The number of carbonyl (C=O) groups excluding carboxylic acids is 3. The monoisotopic (exact) mass is 304 g/mol. The Kier molecular flexibility index (Phi) is 4.90. The van der Waals surface area contributed by atoms with Gasteiger partial charge < -0.3 is 10.6 Å². The summed E-state index contributed by atoms with van der Waals surface area (Å²) < 4.78 is 37.6. The van der Waals surface area contributed by atoms with Crippen LogP contribution in [-0.2, 0) is 20.6 Å². The van der Waals surface area contributed by atoms with Crippen LogP contribution in [0.4, 0.5) is 18.9 Å². The predicted molar refractivity (Wildman–Crippen MR) is 65.0 cm³/mol. The maximum Gasteiger partial charge on any atom is 0.416 e. The average Bonchev–Trinajstić information content (AvgIpc) is 2.42. The Morgan fingerprint density at radius 3 is 2.38 bits per heavy atom. The molecule has 0 aromatic heterocycles. The number of alkyl halides is 3. The molecule has 3 N–H and O–H groups in total. The van der Waals surface area contributed by atoms with E-state index in [0.29, 0.717) is 12.1 Å². The summed E-state index contributed by atoms with van der Waals surface area (Å²) in [4.78, 5) is 37.6. The number of nitrogens with one attached hydrogen (secondary N) is 1. The van der Waals surface area contributed by atoms with Gasteiger partial charge in [0.05, 0.1) is 16.8 Å². The molecule has 0 aliphatic rings. The van der Waals surface area contributed by atoms with Crippen molar-refractivity contribution < 1.29 is 32.4 Å². The molecule has 1 amide bonds. The van der Waals surface area contributed by atoms with Crippen LogP contribution in [0.1, 0.15) is 29.3 Å². The van der Waals surface area contributed by atoms with Gasteiger partial charge in [0, 0.05) is 6.42 Å². The number of carbonyl (C=O) groups is 3. The third kappa shape index (κ3) is 4.20. The van der Waals surface area contributed by atoms with Crippen LogP contribution in [0.2, 0.25) is 0 Å². The van der Waals surface area contributed by atoms with E-state index < -0.39 is 35.0 Å². The quantitative estimate of drug-likeness (QED) is 0.636. The maximum atomic E-state index is 12.5. The Morgan fingerprint density at radius 2 is 1.90 bits per heavy atom. The summed E-state index contributed by atoms with van der Waals surface area (Å²) in [5, 5.41) is 0. The summed E-state index contributed by atoms with van der Waals surface area (Å²) in [6.45, 7) is 1.43. The van der Waals surface area contributed by atoms with Crippen molar-refractivity contribution >= 4 is 23.3 Å². The van der Waals surface area contributed by atoms with Crippen molar-refractivity contribution in [3.05, 3.63) is 29.3 Å². The molecule has 9 heteroatoms. The highest BCUT2D eigenvalue weighted by molar-refractivity contribution is 6.33. The molecule has 0 saturated carbocycles. The molecule has 0 radical (unpaired) electrons. The Morgan fingerprint density at radius 1 is 1.29 bits per heavy atom. The van der Waals surface area contributed by atoms with Crippen molar-refractivity contribution in [1.29, 1.82) is 0 Å². The molecule has 0 fully saturated rings. The summed E-state index contributed by atoms with van der Waals surface area (Å²) >= 11 is 0. The van der Waals surface area contributed by atoms with E-state index in [1.807, 2.05) is 5.48 Å². The van der Waals surface area contributed by atoms with Gasteiger partial charge in [0.2, 0.25) is 5.78 Å². The number of benzene rings is 1. The topological polar surface area (TPSA) is 98.5 Å². The second kappa shape index (κ2) is 6.25. The molecule has 0 unspecified atom stereocenters. The molecule has 1 rings (SSSR count). The van der Waals surface area contributed by atoms with Crippen molar-refractivity contribution in [2.75, 3.05) is 5.48 Å². The molecular formula is C12H11F3N2O4. The largest absolute Gasteiger partial charge is 0.416 e. The van der Waals surface area contributed by atoms with Gasteiger partial charge in [0.1, 0.15) is 0 Å². The lowest BCUT2D eigenvalue weighted by Gasteiger charge is -2.12. The third-order valence-corrected chi connectivity index (χ3v) is 2.41. The fraction of sp³-hybridized carbons (Fsp3) is 0.250. The van der Waals surface area contributed by atoms with Crippen LogP contribution in [0.3, 0.4) is 0 Å². The van der Waals surface area contributed by atoms with E-state index in [9.17, 15) is 27.6 Å². The van der Waals surface area contributed by atoms with Crippen LogP contribution in [-0.4, -0.2) is 17.7 Å². The molecule has 0 spiro atoms. The summed E-state index contributed by atoms with van der Waals surface area (Å²) in [5.41, 5.74) is 5.05. The van der Waals surface area contributed by atoms with Gasteiger partial charge in [0.25, 0.3) is 5.91 Å². The van der Waals surface area contributed by atoms with Gasteiger partial charge in [-0.05, 0) is 18.2 Å². The minimum atomic E-state index is -4.66. The number of amides is 1. The van der Waals surface area contributed by atoms with Crippen LogP contribution in [0.15, 0.2) is 18.2 Å². The Labute approximate surface area is 117 Å². The third-order valence-electron chi connectivity index (χ3n) is 2.41. The minimum Gasteiger partial charge on any atom is -0.366 e. The summed E-state index contributed by atoms with van der Waals surface area (Å²) in [5.74, 6) is -3.22. The number of ketones is 1. The molecule has 6 nitrogen and oxygen atoms in total. The fourth-order valence-electron chi connectivity index (χ4n) is 1.32. The van der Waals surface area contributed by atoms with Crippen LogP contribution in [0.5, 0.6) is 0 Å². The van der Waals surface area contributed by atoms with Gasteiger partial charge in [-0.15, -0.1) is 0 Å². The SMILES string of the molecule is CCC(=O)C(=O)ONc1ccc(C(F)(F)F)cc1C(N)=O. The molecule has 0 saturated heterocycles. The first kappa shape index (κ1) is 16.5. The zero-order valence-corrected chi connectivity index (χ0v) is 10.8. The Balaban J connectivity index is 3.00.